The van der Waals surface area contributed by atoms with Crippen molar-refractivity contribution in [3.05, 3.63) is 39.7 Å². The Morgan fingerprint density at radius 2 is 2.20 bits per heavy atom. The van der Waals surface area contributed by atoms with Crippen LogP contribution < -0.4 is 0 Å². The molecule has 1 heterocycles. The van der Waals surface area contributed by atoms with Gasteiger partial charge in [-0.3, -0.25) is 0 Å². The first-order valence-electron chi connectivity index (χ1n) is 5.68. The Morgan fingerprint density at radius 3 is 2.95 bits per heavy atom. The molecule has 0 bridgehead atoms. The van der Waals surface area contributed by atoms with Crippen LogP contribution in [0.15, 0.2) is 27.8 Å². The van der Waals surface area contributed by atoms with Crippen molar-refractivity contribution in [3.8, 4) is 0 Å². The molecule has 0 spiro atoms. The van der Waals surface area contributed by atoms with Gasteiger partial charge >= 0.3 is 11.9 Å². The highest BCUT2D eigenvalue weighted by molar-refractivity contribution is 7.98. The molecule has 1 aromatic heterocycles. The van der Waals surface area contributed by atoms with E-state index in [4.69, 9.17) is 32.4 Å². The first-order valence-corrected chi connectivity index (χ1v) is 7.42. The second-order valence-electron chi connectivity index (χ2n) is 3.60. The minimum Gasteiger partial charge on any atom is -0.459 e. The number of ether oxygens (including phenoxy) is 1. The smallest absolute Gasteiger partial charge is 0.396 e. The lowest BCUT2D eigenvalue weighted by atomic mass is 10.2. The fraction of sp³-hybridized carbons (Fsp3) is 0.250. The molecule has 2 aromatic rings. The zero-order valence-corrected chi connectivity index (χ0v) is 12.8. The number of hydrogen-bond donors (Lipinski definition) is 0. The Morgan fingerprint density at radius 1 is 1.40 bits per heavy atom. The highest BCUT2D eigenvalue weighted by atomic mass is 35.5. The van der Waals surface area contributed by atoms with Gasteiger partial charge in [0, 0.05) is 5.75 Å². The molecule has 0 saturated heterocycles. The van der Waals surface area contributed by atoms with Crippen LogP contribution in [0.25, 0.3) is 0 Å². The fourth-order valence-corrected chi connectivity index (χ4v) is 2.56. The molecule has 5 nitrogen and oxygen atoms in total. The molecule has 1 aromatic carbocycles. The van der Waals surface area contributed by atoms with Crippen molar-refractivity contribution in [2.24, 2.45) is 0 Å². The monoisotopic (exact) mass is 332 g/mol. The maximum atomic E-state index is 11.4. The summed E-state index contributed by atoms with van der Waals surface area (Å²) in [5.74, 6) is -0.289. The van der Waals surface area contributed by atoms with E-state index in [2.05, 4.69) is 10.2 Å². The summed E-state index contributed by atoms with van der Waals surface area (Å²) in [6, 6.07) is 5.37. The van der Waals surface area contributed by atoms with Crippen molar-refractivity contribution in [1.29, 1.82) is 0 Å². The van der Waals surface area contributed by atoms with Crippen LogP contribution in [0.1, 0.15) is 23.2 Å². The highest BCUT2D eigenvalue weighted by Crippen LogP contribution is 2.30. The summed E-state index contributed by atoms with van der Waals surface area (Å²) in [7, 11) is 0. The molecule has 0 atom stereocenters. The summed E-state index contributed by atoms with van der Waals surface area (Å²) >= 11 is 13.3. The van der Waals surface area contributed by atoms with Crippen LogP contribution in [-0.4, -0.2) is 22.8 Å². The van der Waals surface area contributed by atoms with Crippen LogP contribution in [0.2, 0.25) is 10.0 Å². The van der Waals surface area contributed by atoms with Gasteiger partial charge in [-0.05, 0) is 18.6 Å². The molecule has 0 saturated carbocycles. The lowest BCUT2D eigenvalue weighted by molar-refractivity contribution is 0.0475. The third-order valence-electron chi connectivity index (χ3n) is 2.24. The minimum atomic E-state index is -0.632. The van der Waals surface area contributed by atoms with Crippen molar-refractivity contribution in [2.45, 2.75) is 17.9 Å². The number of esters is 1. The molecule has 8 heteroatoms. The zero-order valence-electron chi connectivity index (χ0n) is 10.4. The second kappa shape index (κ2) is 6.97. The second-order valence-corrected chi connectivity index (χ2v) is 5.31. The van der Waals surface area contributed by atoms with Crippen LogP contribution in [0, 0.1) is 0 Å². The first-order chi connectivity index (χ1) is 9.61. The Kier molecular flexibility index (Phi) is 5.28. The van der Waals surface area contributed by atoms with E-state index in [-0.39, 0.29) is 17.7 Å². The van der Waals surface area contributed by atoms with Gasteiger partial charge in [0.2, 0.25) is 0 Å². The normalized spacial score (nSPS) is 10.6. The van der Waals surface area contributed by atoms with Gasteiger partial charge in [-0.15, -0.1) is 5.10 Å². The molecular formula is C12H10Cl2N2O3S. The highest BCUT2D eigenvalue weighted by Gasteiger charge is 2.16. The Hall–Kier alpha value is -1.24. The topological polar surface area (TPSA) is 65.2 Å². The van der Waals surface area contributed by atoms with Gasteiger partial charge in [0.15, 0.2) is 0 Å². The average molecular weight is 333 g/mol. The quantitative estimate of drug-likeness (QED) is 0.612. The van der Waals surface area contributed by atoms with Gasteiger partial charge < -0.3 is 9.15 Å². The molecule has 106 valence electrons. The van der Waals surface area contributed by atoms with Crippen molar-refractivity contribution in [2.75, 3.05) is 6.61 Å². The summed E-state index contributed by atoms with van der Waals surface area (Å²) in [5, 5.41) is 8.62. The summed E-state index contributed by atoms with van der Waals surface area (Å²) < 4.78 is 9.94. The Bertz CT molecular complexity index is 618. The van der Waals surface area contributed by atoms with Gasteiger partial charge in [-0.25, -0.2) is 4.79 Å². The third-order valence-corrected chi connectivity index (χ3v) is 3.96. The number of nitrogens with zero attached hydrogens (tertiary/aromatic N) is 2. The molecule has 0 N–H and O–H groups in total. The number of aromatic nitrogens is 2. The molecule has 0 radical (unpaired) electrons. The van der Waals surface area contributed by atoms with Crippen LogP contribution in [0.4, 0.5) is 0 Å². The summed E-state index contributed by atoms with van der Waals surface area (Å²) in [4.78, 5) is 11.4. The van der Waals surface area contributed by atoms with E-state index in [0.29, 0.717) is 15.8 Å². The molecule has 0 aliphatic heterocycles. The van der Waals surface area contributed by atoms with Crippen LogP contribution >= 0.6 is 35.0 Å². The largest absolute Gasteiger partial charge is 0.459 e. The van der Waals surface area contributed by atoms with E-state index >= 15 is 0 Å². The minimum absolute atomic E-state index is 0.161. The van der Waals surface area contributed by atoms with E-state index < -0.39 is 5.97 Å². The van der Waals surface area contributed by atoms with Crippen LogP contribution in [0.5, 0.6) is 0 Å². The standard InChI is InChI=1S/C12H10Cl2N2O3S/c1-2-18-11(17)10-15-16-12(19-10)20-6-7-4-3-5-8(13)9(7)14/h3-5H,2,6H2,1H3. The molecule has 20 heavy (non-hydrogen) atoms. The summed E-state index contributed by atoms with van der Waals surface area (Å²) in [5.41, 5.74) is 0.847. The number of hydrogen-bond acceptors (Lipinski definition) is 6. The third kappa shape index (κ3) is 3.65. The lowest BCUT2D eigenvalue weighted by Crippen LogP contribution is -2.04. The molecule has 0 aliphatic carbocycles. The maximum absolute atomic E-state index is 11.4. The number of benzene rings is 1. The van der Waals surface area contributed by atoms with Crippen molar-refractivity contribution in [3.63, 3.8) is 0 Å². The van der Waals surface area contributed by atoms with Crippen molar-refractivity contribution in [1.82, 2.24) is 10.2 Å². The molecular weight excluding hydrogens is 323 g/mol. The molecule has 0 amide bonds. The fourth-order valence-electron chi connectivity index (χ4n) is 1.34. The van der Waals surface area contributed by atoms with Crippen molar-refractivity contribution >= 4 is 40.9 Å². The van der Waals surface area contributed by atoms with E-state index in [1.54, 1.807) is 13.0 Å². The first kappa shape index (κ1) is 15.2. The van der Waals surface area contributed by atoms with Crippen LogP contribution in [-0.2, 0) is 10.5 Å². The maximum Gasteiger partial charge on any atom is 0.396 e. The van der Waals surface area contributed by atoms with E-state index in [1.807, 2.05) is 12.1 Å². The lowest BCUT2D eigenvalue weighted by Gasteiger charge is -2.03. The summed E-state index contributed by atoms with van der Waals surface area (Å²) in [6.07, 6.45) is 0. The van der Waals surface area contributed by atoms with Gasteiger partial charge in [0.25, 0.3) is 5.22 Å². The van der Waals surface area contributed by atoms with Gasteiger partial charge in [-0.2, -0.15) is 0 Å². The average Bonchev–Trinajstić information content (AvgIpc) is 2.90. The van der Waals surface area contributed by atoms with Crippen LogP contribution in [0.3, 0.4) is 0 Å². The Labute approximate surface area is 129 Å². The van der Waals surface area contributed by atoms with E-state index in [0.717, 1.165) is 5.56 Å². The number of rotatable bonds is 5. The van der Waals surface area contributed by atoms with Crippen molar-refractivity contribution < 1.29 is 13.9 Å². The zero-order chi connectivity index (χ0) is 14.5. The number of carbonyl (C=O) groups is 1. The van der Waals surface area contributed by atoms with E-state index in [9.17, 15) is 4.79 Å². The molecule has 2 rings (SSSR count). The Balaban J connectivity index is 2.01. The predicted octanol–water partition coefficient (Wildman–Crippen LogP) is 3.85. The molecule has 0 aliphatic rings. The van der Waals surface area contributed by atoms with Gasteiger partial charge in [-0.1, -0.05) is 52.2 Å². The number of halogens is 2. The molecule has 0 unspecified atom stereocenters. The number of carbonyl (C=O) groups excluding carboxylic acids is 1. The van der Waals surface area contributed by atoms with Gasteiger partial charge in [0.1, 0.15) is 0 Å². The van der Waals surface area contributed by atoms with E-state index in [1.165, 1.54) is 11.8 Å². The summed E-state index contributed by atoms with van der Waals surface area (Å²) in [6.45, 7) is 1.95. The molecule has 0 fully saturated rings. The SMILES string of the molecule is CCOC(=O)c1nnc(SCc2cccc(Cl)c2Cl)o1. The number of thioether (sulfide) groups is 1. The predicted molar refractivity (Wildman–Crippen MR) is 76.3 cm³/mol. The van der Waals surface area contributed by atoms with Gasteiger partial charge in [0.05, 0.1) is 16.7 Å².